The Labute approximate surface area is 91.8 Å². The van der Waals surface area contributed by atoms with Gasteiger partial charge >= 0.3 is 0 Å². The molecule has 0 fully saturated rings. The van der Waals surface area contributed by atoms with E-state index >= 15 is 0 Å². The minimum Gasteiger partial charge on any atom is -0.309 e. The number of nitrogens with zero attached hydrogens (tertiary/aromatic N) is 3. The van der Waals surface area contributed by atoms with Crippen LogP contribution in [0.2, 0.25) is 0 Å². The molecule has 0 aliphatic rings. The van der Waals surface area contributed by atoms with E-state index in [-0.39, 0.29) is 12.3 Å². The summed E-state index contributed by atoms with van der Waals surface area (Å²) < 4.78 is 21.4. The van der Waals surface area contributed by atoms with Crippen molar-refractivity contribution in [2.75, 3.05) is 45.7 Å². The maximum atomic E-state index is 10.7. The van der Waals surface area contributed by atoms with E-state index in [1.54, 1.807) is 0 Å². The van der Waals surface area contributed by atoms with Crippen LogP contribution in [0.15, 0.2) is 9.98 Å². The topological polar surface area (TPSA) is 62.1 Å². The van der Waals surface area contributed by atoms with Crippen LogP contribution >= 0.6 is 0 Å². The van der Waals surface area contributed by atoms with Gasteiger partial charge in [-0.3, -0.25) is 0 Å². The lowest BCUT2D eigenvalue weighted by molar-refractivity contribution is 0.403. The molecule has 0 unspecified atom stereocenters. The normalized spacial score (nSPS) is 11.2. The lowest BCUT2D eigenvalue weighted by atomic mass is 10.4. The SMILES string of the molecule is CN(C)CCCN=C=NCCS(C)(=O)=O. The van der Waals surface area contributed by atoms with Crippen LogP contribution in [-0.4, -0.2) is 65.1 Å². The van der Waals surface area contributed by atoms with Crippen molar-refractivity contribution in [2.45, 2.75) is 6.42 Å². The van der Waals surface area contributed by atoms with Crippen LogP contribution in [0.4, 0.5) is 0 Å². The molecule has 0 spiro atoms. The molecule has 0 bridgehead atoms. The first-order chi connectivity index (χ1) is 6.92. The Kier molecular flexibility index (Phi) is 7.21. The molecule has 0 aromatic carbocycles. The first-order valence-electron chi connectivity index (χ1n) is 4.82. The van der Waals surface area contributed by atoms with Crippen molar-refractivity contribution in [1.29, 1.82) is 0 Å². The summed E-state index contributed by atoms with van der Waals surface area (Å²) in [4.78, 5) is 9.77. The summed E-state index contributed by atoms with van der Waals surface area (Å²) in [6, 6.07) is 2.50. The van der Waals surface area contributed by atoms with E-state index in [4.69, 9.17) is 0 Å². The van der Waals surface area contributed by atoms with Crippen LogP contribution in [0.3, 0.4) is 0 Å². The van der Waals surface area contributed by atoms with Crippen LogP contribution in [0.1, 0.15) is 6.42 Å². The molecule has 0 atom stereocenters. The molecule has 0 aliphatic carbocycles. The van der Waals surface area contributed by atoms with E-state index in [9.17, 15) is 8.42 Å². The third-order valence-corrected chi connectivity index (χ3v) is 2.51. The van der Waals surface area contributed by atoms with Gasteiger partial charge in [0.1, 0.15) is 9.84 Å². The summed E-state index contributed by atoms with van der Waals surface area (Å²) in [5.41, 5.74) is 0. The largest absolute Gasteiger partial charge is 0.309 e. The Morgan fingerprint density at radius 3 is 2.33 bits per heavy atom. The highest BCUT2D eigenvalue weighted by molar-refractivity contribution is 7.90. The highest BCUT2D eigenvalue weighted by atomic mass is 32.2. The fourth-order valence-electron chi connectivity index (χ4n) is 0.827. The molecule has 88 valence electrons. The summed E-state index contributed by atoms with van der Waals surface area (Å²) in [5, 5.41) is 0. The molecule has 0 heterocycles. The van der Waals surface area contributed by atoms with E-state index in [1.807, 2.05) is 14.1 Å². The van der Waals surface area contributed by atoms with E-state index in [1.165, 1.54) is 6.26 Å². The second-order valence-corrected chi connectivity index (χ2v) is 5.91. The van der Waals surface area contributed by atoms with Gasteiger partial charge in [0.15, 0.2) is 0 Å². The standard InChI is InChI=1S/C9H19N3O2S/c1-12(2)7-4-5-10-9-11-6-8-15(3,13)14/h4-8H2,1-3H3. The zero-order valence-corrected chi connectivity index (χ0v) is 10.4. The van der Waals surface area contributed by atoms with Gasteiger partial charge in [-0.05, 0) is 27.1 Å². The van der Waals surface area contributed by atoms with Gasteiger partial charge in [-0.15, -0.1) is 0 Å². The lowest BCUT2D eigenvalue weighted by Crippen LogP contribution is -2.13. The Hall–Kier alpha value is -0.710. The van der Waals surface area contributed by atoms with Crippen molar-refractivity contribution in [3.8, 4) is 0 Å². The predicted octanol–water partition coefficient (Wildman–Crippen LogP) is 0.157. The van der Waals surface area contributed by atoms with Crippen molar-refractivity contribution in [3.63, 3.8) is 0 Å². The van der Waals surface area contributed by atoms with Gasteiger partial charge in [0.2, 0.25) is 0 Å². The number of hydrogen-bond donors (Lipinski definition) is 0. The molecule has 15 heavy (non-hydrogen) atoms. The third kappa shape index (κ3) is 13.3. The highest BCUT2D eigenvalue weighted by Gasteiger charge is 1.98. The summed E-state index contributed by atoms with van der Waals surface area (Å²) in [7, 11) is 1.09. The van der Waals surface area contributed by atoms with Crippen LogP contribution in [0, 0.1) is 0 Å². The zero-order valence-electron chi connectivity index (χ0n) is 9.60. The van der Waals surface area contributed by atoms with Gasteiger partial charge in [-0.2, -0.15) is 0 Å². The molecule has 0 saturated carbocycles. The average Bonchev–Trinajstić information content (AvgIpc) is 2.07. The molecular weight excluding hydrogens is 214 g/mol. The third-order valence-electron chi connectivity index (χ3n) is 1.59. The number of rotatable bonds is 7. The molecule has 0 rings (SSSR count). The fourth-order valence-corrected chi connectivity index (χ4v) is 1.25. The summed E-state index contributed by atoms with van der Waals surface area (Å²) >= 11 is 0. The molecule has 0 radical (unpaired) electrons. The second-order valence-electron chi connectivity index (χ2n) is 3.65. The summed E-state index contributed by atoms with van der Waals surface area (Å²) in [6.45, 7) is 1.91. The molecule has 0 amide bonds. The van der Waals surface area contributed by atoms with Crippen molar-refractivity contribution >= 4 is 15.8 Å². The van der Waals surface area contributed by atoms with Crippen molar-refractivity contribution in [3.05, 3.63) is 0 Å². The smallest absolute Gasteiger partial charge is 0.149 e. The maximum Gasteiger partial charge on any atom is 0.149 e. The average molecular weight is 233 g/mol. The lowest BCUT2D eigenvalue weighted by Gasteiger charge is -2.05. The van der Waals surface area contributed by atoms with Gasteiger partial charge in [0, 0.05) is 6.26 Å². The Morgan fingerprint density at radius 2 is 1.80 bits per heavy atom. The first kappa shape index (κ1) is 14.3. The molecule has 6 heteroatoms. The molecule has 0 N–H and O–H groups in total. The highest BCUT2D eigenvalue weighted by Crippen LogP contribution is 1.84. The summed E-state index contributed by atoms with van der Waals surface area (Å²) in [5.74, 6) is 0.0627. The Balaban J connectivity index is 3.56. The van der Waals surface area contributed by atoms with Crippen molar-refractivity contribution in [1.82, 2.24) is 4.90 Å². The van der Waals surface area contributed by atoms with E-state index in [2.05, 4.69) is 20.9 Å². The molecule has 0 aromatic heterocycles. The van der Waals surface area contributed by atoms with Gasteiger partial charge in [-0.1, -0.05) is 0 Å². The predicted molar refractivity (Wildman–Crippen MR) is 62.5 cm³/mol. The van der Waals surface area contributed by atoms with Crippen molar-refractivity contribution in [2.24, 2.45) is 9.98 Å². The second kappa shape index (κ2) is 7.56. The fraction of sp³-hybridized carbons (Fsp3) is 0.889. The molecule has 5 nitrogen and oxygen atoms in total. The minimum absolute atomic E-state index is 0.0627. The summed E-state index contributed by atoms with van der Waals surface area (Å²) in [6.07, 6.45) is 2.15. The molecular formula is C9H19N3O2S. The number of sulfone groups is 1. The van der Waals surface area contributed by atoms with Crippen LogP contribution in [-0.2, 0) is 9.84 Å². The van der Waals surface area contributed by atoms with E-state index in [0.717, 1.165) is 13.0 Å². The van der Waals surface area contributed by atoms with Gasteiger partial charge in [0.05, 0.1) is 24.9 Å². The van der Waals surface area contributed by atoms with Crippen LogP contribution in [0.5, 0.6) is 0 Å². The minimum atomic E-state index is -2.91. The molecule has 0 aliphatic heterocycles. The van der Waals surface area contributed by atoms with Gasteiger partial charge in [0.25, 0.3) is 0 Å². The maximum absolute atomic E-state index is 10.7. The van der Waals surface area contributed by atoms with Gasteiger partial charge in [-0.25, -0.2) is 18.4 Å². The Morgan fingerprint density at radius 1 is 1.20 bits per heavy atom. The van der Waals surface area contributed by atoms with E-state index in [0.29, 0.717) is 6.54 Å². The van der Waals surface area contributed by atoms with Crippen molar-refractivity contribution < 1.29 is 8.42 Å². The van der Waals surface area contributed by atoms with Crippen LogP contribution in [0.25, 0.3) is 0 Å². The van der Waals surface area contributed by atoms with E-state index < -0.39 is 9.84 Å². The first-order valence-corrected chi connectivity index (χ1v) is 6.88. The Bertz CT molecular complexity index is 316. The van der Waals surface area contributed by atoms with Gasteiger partial charge < -0.3 is 4.90 Å². The molecule has 0 aromatic rings. The number of hydrogen-bond acceptors (Lipinski definition) is 5. The quantitative estimate of drug-likeness (QED) is 0.465. The molecule has 0 saturated heterocycles. The van der Waals surface area contributed by atoms with Crippen LogP contribution < -0.4 is 0 Å². The monoisotopic (exact) mass is 233 g/mol. The number of aliphatic imine (C=N–C) groups is 2. The zero-order chi connectivity index (χ0) is 11.7.